The Morgan fingerprint density at radius 3 is 2.48 bits per heavy atom. The van der Waals surface area contributed by atoms with E-state index >= 15 is 0 Å². The van der Waals surface area contributed by atoms with E-state index in [1.54, 1.807) is 29.8 Å². The highest BCUT2D eigenvalue weighted by Crippen LogP contribution is 2.42. The summed E-state index contributed by atoms with van der Waals surface area (Å²) in [6.07, 6.45) is 3.30. The Labute approximate surface area is 193 Å². The minimum Gasteiger partial charge on any atom is -0.462 e. The van der Waals surface area contributed by atoms with Crippen molar-refractivity contribution >= 4 is 55.0 Å². The molecule has 0 aliphatic heterocycles. The molecule has 0 atom stereocenters. The fourth-order valence-corrected chi connectivity index (χ4v) is 4.71. The van der Waals surface area contributed by atoms with Crippen molar-refractivity contribution in [3.63, 3.8) is 0 Å². The second-order valence-corrected chi connectivity index (χ2v) is 9.00. The predicted molar refractivity (Wildman–Crippen MR) is 130 cm³/mol. The normalized spacial score (nSPS) is 10.9. The van der Waals surface area contributed by atoms with Crippen LogP contribution < -0.4 is 5.32 Å². The van der Waals surface area contributed by atoms with Gasteiger partial charge < -0.3 is 10.1 Å². The molecule has 0 bridgehead atoms. The number of fused-ring (bicyclic) bond motifs is 1. The Balaban J connectivity index is 1.71. The lowest BCUT2D eigenvalue weighted by Gasteiger charge is -2.10. The third-order valence-electron chi connectivity index (χ3n) is 4.84. The topological polar surface area (TPSA) is 64.1 Å². The molecule has 0 unspecified atom stereocenters. The van der Waals surface area contributed by atoms with Crippen molar-refractivity contribution in [1.29, 1.82) is 0 Å². The number of halogens is 1. The van der Waals surface area contributed by atoms with Gasteiger partial charge in [-0.25, -0.2) is 14.8 Å². The van der Waals surface area contributed by atoms with Gasteiger partial charge in [-0.15, -0.1) is 11.3 Å². The number of hydrogen-bond donors (Lipinski definition) is 1. The highest BCUT2D eigenvalue weighted by molar-refractivity contribution is 9.10. The average molecular weight is 496 g/mol. The van der Waals surface area contributed by atoms with Crippen LogP contribution in [0.2, 0.25) is 0 Å². The molecule has 0 aliphatic rings. The maximum Gasteiger partial charge on any atom is 0.338 e. The van der Waals surface area contributed by atoms with Crippen molar-refractivity contribution in [3.05, 3.63) is 69.8 Å². The fourth-order valence-electron chi connectivity index (χ4n) is 3.35. The number of carbonyl (C=O) groups is 1. The minimum absolute atomic E-state index is 0.305. The summed E-state index contributed by atoms with van der Waals surface area (Å²) in [5, 5.41) is 4.42. The van der Waals surface area contributed by atoms with Crippen LogP contribution in [0, 0.1) is 0 Å². The maximum absolute atomic E-state index is 12.0. The average Bonchev–Trinajstić information content (AvgIpc) is 3.18. The summed E-state index contributed by atoms with van der Waals surface area (Å²) in [6.45, 7) is 4.55. The standard InChI is InChI=1S/C24H22BrN3O2S/c1-3-13-30-24(29)16-7-11-18(12-8-16)28-22-21-20(15-5-9-17(25)10-6-15)19(4-2)31-23(21)27-14-26-22/h5-12,14H,3-4,13H2,1-2H3,(H,26,27,28). The van der Waals surface area contributed by atoms with Crippen LogP contribution in [0.5, 0.6) is 0 Å². The number of aromatic nitrogens is 2. The first-order chi connectivity index (χ1) is 15.1. The van der Waals surface area contributed by atoms with E-state index in [9.17, 15) is 4.79 Å². The summed E-state index contributed by atoms with van der Waals surface area (Å²) in [6, 6.07) is 15.6. The molecular formula is C24H22BrN3O2S. The van der Waals surface area contributed by atoms with Gasteiger partial charge in [0.2, 0.25) is 0 Å². The van der Waals surface area contributed by atoms with E-state index in [1.165, 1.54) is 4.88 Å². The third-order valence-corrected chi connectivity index (χ3v) is 6.61. The lowest BCUT2D eigenvalue weighted by molar-refractivity contribution is 0.0505. The number of nitrogens with one attached hydrogen (secondary N) is 1. The van der Waals surface area contributed by atoms with E-state index in [4.69, 9.17) is 4.74 Å². The SMILES string of the molecule is CCCOC(=O)c1ccc(Nc2ncnc3sc(CC)c(-c4ccc(Br)cc4)c23)cc1. The Kier molecular flexibility index (Phi) is 6.63. The maximum atomic E-state index is 12.0. The van der Waals surface area contributed by atoms with Crippen molar-refractivity contribution < 1.29 is 9.53 Å². The van der Waals surface area contributed by atoms with Crippen LogP contribution in [-0.4, -0.2) is 22.5 Å². The molecule has 1 N–H and O–H groups in total. The summed E-state index contributed by atoms with van der Waals surface area (Å²) >= 11 is 5.21. The van der Waals surface area contributed by atoms with E-state index < -0.39 is 0 Å². The van der Waals surface area contributed by atoms with Crippen molar-refractivity contribution in [2.24, 2.45) is 0 Å². The molecule has 4 rings (SSSR count). The number of benzene rings is 2. The minimum atomic E-state index is -0.305. The highest BCUT2D eigenvalue weighted by Gasteiger charge is 2.18. The Hall–Kier alpha value is -2.77. The zero-order valence-corrected chi connectivity index (χ0v) is 19.7. The van der Waals surface area contributed by atoms with Crippen LogP contribution in [0.4, 0.5) is 11.5 Å². The van der Waals surface area contributed by atoms with Gasteiger partial charge in [0.25, 0.3) is 0 Å². The predicted octanol–water partition coefficient (Wildman–Crippen LogP) is 6.99. The van der Waals surface area contributed by atoms with Crippen LogP contribution in [0.3, 0.4) is 0 Å². The van der Waals surface area contributed by atoms with Gasteiger partial charge in [-0.1, -0.05) is 41.9 Å². The van der Waals surface area contributed by atoms with Gasteiger partial charge in [0, 0.05) is 20.6 Å². The highest BCUT2D eigenvalue weighted by atomic mass is 79.9. The Morgan fingerprint density at radius 2 is 1.81 bits per heavy atom. The Bertz CT molecular complexity index is 1200. The number of aryl methyl sites for hydroxylation is 1. The fraction of sp³-hybridized carbons (Fsp3) is 0.208. The molecule has 0 fully saturated rings. The van der Waals surface area contributed by atoms with Gasteiger partial charge in [-0.05, 0) is 54.8 Å². The molecule has 5 nitrogen and oxygen atoms in total. The molecule has 2 aromatic heterocycles. The molecule has 0 amide bonds. The van der Waals surface area contributed by atoms with E-state index in [2.05, 4.69) is 50.3 Å². The number of ether oxygens (including phenoxy) is 1. The smallest absolute Gasteiger partial charge is 0.338 e. The number of carbonyl (C=O) groups excluding carboxylic acids is 1. The van der Waals surface area contributed by atoms with Crippen molar-refractivity contribution in [1.82, 2.24) is 9.97 Å². The van der Waals surface area contributed by atoms with Crippen LogP contribution in [0.1, 0.15) is 35.5 Å². The van der Waals surface area contributed by atoms with Gasteiger partial charge >= 0.3 is 5.97 Å². The Morgan fingerprint density at radius 1 is 1.06 bits per heavy atom. The molecule has 7 heteroatoms. The van der Waals surface area contributed by atoms with Crippen LogP contribution in [0.25, 0.3) is 21.3 Å². The summed E-state index contributed by atoms with van der Waals surface area (Å²) < 4.78 is 6.24. The van der Waals surface area contributed by atoms with Gasteiger partial charge in [-0.3, -0.25) is 0 Å². The van der Waals surface area contributed by atoms with Gasteiger partial charge in [0.1, 0.15) is 17.0 Å². The lowest BCUT2D eigenvalue weighted by atomic mass is 10.0. The molecule has 0 saturated heterocycles. The van der Waals surface area contributed by atoms with Gasteiger partial charge in [0.15, 0.2) is 0 Å². The van der Waals surface area contributed by atoms with Gasteiger partial charge in [0.05, 0.1) is 17.6 Å². The molecule has 2 aromatic carbocycles. The molecule has 158 valence electrons. The summed E-state index contributed by atoms with van der Waals surface area (Å²) in [5.74, 6) is 0.445. The largest absolute Gasteiger partial charge is 0.462 e. The molecule has 0 spiro atoms. The monoisotopic (exact) mass is 495 g/mol. The molecule has 0 radical (unpaired) electrons. The quantitative estimate of drug-likeness (QED) is 0.279. The first kappa shape index (κ1) is 21.5. The first-order valence-corrected chi connectivity index (χ1v) is 11.8. The molecule has 2 heterocycles. The molecule has 0 aliphatic carbocycles. The van der Waals surface area contributed by atoms with Gasteiger partial charge in [-0.2, -0.15) is 0 Å². The number of anilines is 2. The number of nitrogens with zero attached hydrogens (tertiary/aromatic N) is 2. The third kappa shape index (κ3) is 4.62. The molecule has 31 heavy (non-hydrogen) atoms. The summed E-state index contributed by atoms with van der Waals surface area (Å²) in [4.78, 5) is 23.3. The zero-order chi connectivity index (χ0) is 21.8. The van der Waals surface area contributed by atoms with Crippen LogP contribution >= 0.6 is 27.3 Å². The zero-order valence-electron chi connectivity index (χ0n) is 17.3. The van der Waals surface area contributed by atoms with Crippen LogP contribution in [-0.2, 0) is 11.2 Å². The van der Waals surface area contributed by atoms with E-state index in [0.29, 0.717) is 12.2 Å². The number of thiophene rings is 1. The van der Waals surface area contributed by atoms with Crippen molar-refractivity contribution in [3.8, 4) is 11.1 Å². The molecule has 0 saturated carbocycles. The van der Waals surface area contributed by atoms with Crippen LogP contribution in [0.15, 0.2) is 59.3 Å². The second-order valence-electron chi connectivity index (χ2n) is 7.00. The first-order valence-electron chi connectivity index (χ1n) is 10.2. The van der Waals surface area contributed by atoms with E-state index in [0.717, 1.165) is 50.2 Å². The summed E-state index contributed by atoms with van der Waals surface area (Å²) in [5.41, 5.74) is 3.68. The number of hydrogen-bond acceptors (Lipinski definition) is 6. The van der Waals surface area contributed by atoms with Crippen molar-refractivity contribution in [2.75, 3.05) is 11.9 Å². The van der Waals surface area contributed by atoms with E-state index in [1.807, 2.05) is 31.2 Å². The second kappa shape index (κ2) is 9.58. The number of rotatable bonds is 7. The number of esters is 1. The van der Waals surface area contributed by atoms with E-state index in [-0.39, 0.29) is 5.97 Å². The molecular weight excluding hydrogens is 474 g/mol. The molecule has 4 aromatic rings. The lowest BCUT2D eigenvalue weighted by Crippen LogP contribution is -2.05. The summed E-state index contributed by atoms with van der Waals surface area (Å²) in [7, 11) is 0. The van der Waals surface area contributed by atoms with Crippen molar-refractivity contribution in [2.45, 2.75) is 26.7 Å².